The molecule has 37 heavy (non-hydrogen) atoms. The molecule has 0 aromatic heterocycles. The van der Waals surface area contributed by atoms with Crippen LogP contribution in [0.5, 0.6) is 0 Å². The Morgan fingerprint density at radius 2 is 1.65 bits per heavy atom. The summed E-state index contributed by atoms with van der Waals surface area (Å²) < 4.78 is 19.2. The van der Waals surface area contributed by atoms with Gasteiger partial charge in [-0.25, -0.2) is 0 Å². The van der Waals surface area contributed by atoms with Crippen molar-refractivity contribution in [2.24, 2.45) is 17.8 Å². The van der Waals surface area contributed by atoms with Crippen molar-refractivity contribution >= 4 is 20.1 Å². The minimum atomic E-state index is -2.17. The van der Waals surface area contributed by atoms with Crippen molar-refractivity contribution in [2.75, 3.05) is 0 Å². The minimum Gasteiger partial charge on any atom is -0.462 e. The Hall–Kier alpha value is -0.983. The molecule has 0 saturated carbocycles. The SMILES string of the molecule is C=C1C[C@@H](CCC)OC(=O)[C@@H](C)CCCC[C@@H]2O[C@@H](CC(=O)[C@@H](O[Si](C)(C)C(C)(C)C)[C@H](C)C1)C[C@@H]2C. The van der Waals surface area contributed by atoms with Crippen LogP contribution >= 0.6 is 0 Å². The Morgan fingerprint density at radius 1 is 1.00 bits per heavy atom. The highest BCUT2D eigenvalue weighted by atomic mass is 28.4. The highest BCUT2D eigenvalue weighted by molar-refractivity contribution is 6.74. The maximum atomic E-state index is 13.8. The Morgan fingerprint density at radius 3 is 2.27 bits per heavy atom. The lowest BCUT2D eigenvalue weighted by atomic mass is 9.89. The van der Waals surface area contributed by atoms with E-state index >= 15 is 0 Å². The fourth-order valence-corrected chi connectivity index (χ4v) is 6.86. The van der Waals surface area contributed by atoms with Crippen LogP contribution in [-0.4, -0.2) is 44.5 Å². The first-order valence-electron chi connectivity index (χ1n) is 14.9. The van der Waals surface area contributed by atoms with E-state index in [1.54, 1.807) is 0 Å². The molecule has 0 N–H and O–H groups in total. The highest BCUT2D eigenvalue weighted by Crippen LogP contribution is 2.40. The van der Waals surface area contributed by atoms with E-state index in [0.29, 0.717) is 25.2 Å². The maximum Gasteiger partial charge on any atom is 0.308 e. The number of fused-ring (bicyclic) bond motifs is 2. The van der Waals surface area contributed by atoms with Gasteiger partial charge >= 0.3 is 5.97 Å². The molecule has 7 atom stereocenters. The van der Waals surface area contributed by atoms with Gasteiger partial charge in [-0.3, -0.25) is 9.59 Å². The molecule has 0 aromatic rings. The molecule has 2 saturated heterocycles. The third kappa shape index (κ3) is 9.61. The number of Topliss-reactive ketones (excluding diaryl/α,β-unsaturated/α-hetero) is 1. The molecule has 0 spiro atoms. The predicted molar refractivity (Wildman–Crippen MR) is 154 cm³/mol. The summed E-state index contributed by atoms with van der Waals surface area (Å²) in [6.45, 7) is 23.9. The lowest BCUT2D eigenvalue weighted by Gasteiger charge is -2.40. The zero-order valence-corrected chi connectivity index (χ0v) is 26.4. The van der Waals surface area contributed by atoms with E-state index in [4.69, 9.17) is 13.9 Å². The van der Waals surface area contributed by atoms with Crippen LogP contribution in [0.2, 0.25) is 18.1 Å². The molecular weight excluding hydrogens is 480 g/mol. The van der Waals surface area contributed by atoms with Crippen LogP contribution < -0.4 is 0 Å². The van der Waals surface area contributed by atoms with Crippen molar-refractivity contribution < 1.29 is 23.5 Å². The van der Waals surface area contributed by atoms with Crippen LogP contribution in [0.25, 0.3) is 0 Å². The van der Waals surface area contributed by atoms with Crippen molar-refractivity contribution in [3.8, 4) is 0 Å². The van der Waals surface area contributed by atoms with Crippen LogP contribution in [0.4, 0.5) is 0 Å². The second kappa shape index (κ2) is 13.9. The van der Waals surface area contributed by atoms with E-state index in [1.165, 1.54) is 0 Å². The number of carbonyl (C=O) groups excluding carboxylic acids is 2. The van der Waals surface area contributed by atoms with Crippen LogP contribution in [0, 0.1) is 17.8 Å². The van der Waals surface area contributed by atoms with Crippen molar-refractivity contribution in [2.45, 2.75) is 155 Å². The molecule has 2 bridgehead atoms. The van der Waals surface area contributed by atoms with Gasteiger partial charge in [-0.15, -0.1) is 0 Å². The number of rotatable bonds is 4. The van der Waals surface area contributed by atoms with E-state index in [9.17, 15) is 9.59 Å². The first-order valence-corrected chi connectivity index (χ1v) is 17.8. The fourth-order valence-electron chi connectivity index (χ4n) is 5.51. The summed E-state index contributed by atoms with van der Waals surface area (Å²) >= 11 is 0. The van der Waals surface area contributed by atoms with Gasteiger partial charge in [-0.2, -0.15) is 0 Å². The van der Waals surface area contributed by atoms with Crippen molar-refractivity contribution in [3.05, 3.63) is 12.2 Å². The third-order valence-electron chi connectivity index (χ3n) is 8.93. The highest BCUT2D eigenvalue weighted by Gasteiger charge is 2.43. The molecule has 2 aliphatic rings. The second-order valence-electron chi connectivity index (χ2n) is 13.6. The minimum absolute atomic E-state index is 0.000432. The lowest BCUT2D eigenvalue weighted by Crippen LogP contribution is -2.48. The van der Waals surface area contributed by atoms with Gasteiger partial charge in [0.25, 0.3) is 0 Å². The topological polar surface area (TPSA) is 61.8 Å². The molecule has 0 aliphatic carbocycles. The zero-order valence-electron chi connectivity index (χ0n) is 25.4. The maximum absolute atomic E-state index is 13.8. The summed E-state index contributed by atoms with van der Waals surface area (Å²) in [6, 6.07) is 0. The Labute approximate surface area is 228 Å². The van der Waals surface area contributed by atoms with Gasteiger partial charge in [0.15, 0.2) is 14.1 Å². The van der Waals surface area contributed by atoms with Crippen molar-refractivity contribution in [3.63, 3.8) is 0 Å². The number of cyclic esters (lactones) is 1. The van der Waals surface area contributed by atoms with Gasteiger partial charge in [-0.1, -0.05) is 79.9 Å². The van der Waals surface area contributed by atoms with Gasteiger partial charge < -0.3 is 13.9 Å². The smallest absolute Gasteiger partial charge is 0.308 e. The van der Waals surface area contributed by atoms with Crippen molar-refractivity contribution in [1.29, 1.82) is 0 Å². The summed E-state index contributed by atoms with van der Waals surface area (Å²) in [5, 5.41) is 0.0105. The Bertz CT molecular complexity index is 770. The fraction of sp³-hybridized carbons (Fsp3) is 0.871. The zero-order chi connectivity index (χ0) is 28.0. The predicted octanol–water partition coefficient (Wildman–Crippen LogP) is 8.02. The summed E-state index contributed by atoms with van der Waals surface area (Å²) in [7, 11) is -2.17. The molecule has 2 aliphatic heterocycles. The molecule has 5 nitrogen and oxygen atoms in total. The monoisotopic (exact) mass is 536 g/mol. The van der Waals surface area contributed by atoms with Gasteiger partial charge in [-0.05, 0) is 62.1 Å². The number of esters is 1. The number of hydrogen-bond donors (Lipinski definition) is 0. The quantitative estimate of drug-likeness (QED) is 0.207. The number of carbonyl (C=O) groups is 2. The molecule has 6 heteroatoms. The van der Waals surface area contributed by atoms with E-state index in [1.807, 2.05) is 6.92 Å². The Kier molecular flexibility index (Phi) is 12.1. The van der Waals surface area contributed by atoms with Gasteiger partial charge in [0.1, 0.15) is 12.2 Å². The number of ether oxygens (including phenoxy) is 2. The standard InChI is InChI=1S/C31H56O5Si/c1-11-14-25-18-21(2)17-24(5)29(36-37(9,10)31(6,7)8)27(32)20-26-19-23(4)28(34-26)16-13-12-15-22(3)30(33)35-25/h22-26,28-29H,2,11-20H2,1,3-10H3/t22-,23-,24+,25+,26+,28-,29-/m0/s1. The van der Waals surface area contributed by atoms with E-state index < -0.39 is 14.4 Å². The lowest BCUT2D eigenvalue weighted by molar-refractivity contribution is -0.154. The van der Waals surface area contributed by atoms with Crippen LogP contribution in [0.3, 0.4) is 0 Å². The average Bonchev–Trinajstić information content (AvgIpc) is 3.11. The van der Waals surface area contributed by atoms with Gasteiger partial charge in [0, 0.05) is 12.8 Å². The summed E-state index contributed by atoms with van der Waals surface area (Å²) in [5.41, 5.74) is 1.02. The molecule has 0 amide bonds. The van der Waals surface area contributed by atoms with Crippen LogP contribution in [0.15, 0.2) is 12.2 Å². The molecule has 0 radical (unpaired) electrons. The molecule has 0 unspecified atom stereocenters. The Balaban J connectivity index is 2.29. The average molecular weight is 537 g/mol. The van der Waals surface area contributed by atoms with Gasteiger partial charge in [0.05, 0.1) is 18.1 Å². The largest absolute Gasteiger partial charge is 0.462 e. The van der Waals surface area contributed by atoms with E-state index in [-0.39, 0.29) is 46.9 Å². The first-order chi connectivity index (χ1) is 17.1. The molecule has 2 fully saturated rings. The molecule has 0 aromatic carbocycles. The summed E-state index contributed by atoms with van der Waals surface area (Å²) in [5.74, 6) is 0.406. The normalized spacial score (nSPS) is 34.1. The first kappa shape index (κ1) is 32.2. The number of hydrogen-bond acceptors (Lipinski definition) is 5. The number of ketones is 1. The molecule has 2 rings (SSSR count). The molecule has 2 heterocycles. The molecular formula is C31H56O5Si. The second-order valence-corrected chi connectivity index (χ2v) is 18.4. The van der Waals surface area contributed by atoms with E-state index in [2.05, 4.69) is 61.2 Å². The van der Waals surface area contributed by atoms with Gasteiger partial charge in [0.2, 0.25) is 0 Å². The van der Waals surface area contributed by atoms with E-state index in [0.717, 1.165) is 50.5 Å². The summed E-state index contributed by atoms with van der Waals surface area (Å²) in [6.07, 6.45) is 7.80. The van der Waals surface area contributed by atoms with Crippen LogP contribution in [-0.2, 0) is 23.5 Å². The molecule has 214 valence electrons. The van der Waals surface area contributed by atoms with Crippen LogP contribution in [0.1, 0.15) is 113 Å². The van der Waals surface area contributed by atoms with Crippen molar-refractivity contribution in [1.82, 2.24) is 0 Å². The third-order valence-corrected chi connectivity index (χ3v) is 13.4. The summed E-state index contributed by atoms with van der Waals surface area (Å²) in [4.78, 5) is 26.6.